The fourth-order valence-electron chi connectivity index (χ4n) is 2.77. The van der Waals surface area contributed by atoms with E-state index in [-0.39, 0.29) is 18.0 Å². The molecule has 1 heterocycles. The molecule has 0 aromatic heterocycles. The third-order valence-corrected chi connectivity index (χ3v) is 5.46. The summed E-state index contributed by atoms with van der Waals surface area (Å²) in [4.78, 5) is 11.3. The van der Waals surface area contributed by atoms with Crippen LogP contribution in [0.4, 0.5) is 5.69 Å². The zero-order chi connectivity index (χ0) is 17.3. The van der Waals surface area contributed by atoms with Gasteiger partial charge in [0, 0.05) is 0 Å². The highest BCUT2D eigenvalue weighted by atomic mass is 32.2. The van der Waals surface area contributed by atoms with Crippen molar-refractivity contribution in [3.05, 3.63) is 59.2 Å². The van der Waals surface area contributed by atoms with Crippen molar-refractivity contribution >= 4 is 21.8 Å². The van der Waals surface area contributed by atoms with Gasteiger partial charge in [-0.2, -0.15) is 8.42 Å². The number of benzene rings is 2. The van der Waals surface area contributed by atoms with Crippen molar-refractivity contribution in [3.63, 3.8) is 0 Å². The zero-order valence-corrected chi connectivity index (χ0v) is 14.0. The number of carbonyl (C=O) groups is 1. The molecular formula is C17H18N2O4S. The Bertz CT molecular complexity index is 893. The number of anilines is 1. The molecule has 2 aromatic rings. The van der Waals surface area contributed by atoms with Crippen LogP contribution in [0.2, 0.25) is 0 Å². The van der Waals surface area contributed by atoms with E-state index >= 15 is 0 Å². The Labute approximate surface area is 140 Å². The largest absolute Gasteiger partial charge is 0.506 e. The fraction of sp³-hybridized carbons (Fsp3) is 0.235. The first-order valence-corrected chi connectivity index (χ1v) is 9.00. The summed E-state index contributed by atoms with van der Waals surface area (Å²) in [6.45, 7) is 1.73. The van der Waals surface area contributed by atoms with Crippen molar-refractivity contribution in [2.24, 2.45) is 0 Å². The number of carbonyl (C=O) groups excluding carboxylic acids is 1. The Morgan fingerprint density at radius 2 is 1.92 bits per heavy atom. The number of hydrogen-bond acceptors (Lipinski definition) is 4. The first kappa shape index (κ1) is 16.3. The third kappa shape index (κ3) is 3.21. The number of aromatic hydroxyl groups is 1. The van der Waals surface area contributed by atoms with Crippen LogP contribution in [-0.4, -0.2) is 26.0 Å². The quantitative estimate of drug-likeness (QED) is 0.882. The molecule has 0 atom stereocenters. The van der Waals surface area contributed by atoms with E-state index in [2.05, 4.69) is 19.1 Å². The van der Waals surface area contributed by atoms with Gasteiger partial charge in [-0.3, -0.25) is 4.79 Å². The fourth-order valence-corrected chi connectivity index (χ4v) is 3.93. The zero-order valence-electron chi connectivity index (χ0n) is 13.2. The minimum atomic E-state index is -3.91. The average molecular weight is 346 g/mol. The van der Waals surface area contributed by atoms with E-state index in [9.17, 15) is 18.3 Å². The number of nitrogens with zero attached hydrogens (tertiary/aromatic N) is 1. The van der Waals surface area contributed by atoms with Crippen molar-refractivity contribution in [1.82, 2.24) is 4.72 Å². The number of phenols is 1. The lowest BCUT2D eigenvalue weighted by Crippen LogP contribution is -2.29. The van der Waals surface area contributed by atoms with Gasteiger partial charge < -0.3 is 5.11 Å². The molecule has 0 unspecified atom stereocenters. The van der Waals surface area contributed by atoms with Gasteiger partial charge in [0.05, 0.1) is 5.69 Å². The first-order chi connectivity index (χ1) is 11.4. The van der Waals surface area contributed by atoms with Crippen LogP contribution in [0, 0.1) is 6.92 Å². The van der Waals surface area contributed by atoms with Crippen molar-refractivity contribution in [2.45, 2.75) is 19.8 Å². The highest BCUT2D eigenvalue weighted by molar-refractivity contribution is 7.92. The third-order valence-electron chi connectivity index (χ3n) is 4.07. The summed E-state index contributed by atoms with van der Waals surface area (Å²) >= 11 is 0. The second kappa shape index (κ2) is 6.16. The smallest absolute Gasteiger partial charge is 0.326 e. The number of nitrogens with one attached hydrogen (secondary N) is 1. The van der Waals surface area contributed by atoms with E-state index in [0.717, 1.165) is 22.7 Å². The van der Waals surface area contributed by atoms with Crippen LogP contribution < -0.4 is 9.03 Å². The molecule has 1 aliphatic heterocycles. The lowest BCUT2D eigenvalue weighted by atomic mass is 10.0. The Balaban J connectivity index is 1.78. The molecule has 7 heteroatoms. The van der Waals surface area contributed by atoms with Crippen LogP contribution in [0.1, 0.15) is 16.7 Å². The molecule has 1 aliphatic rings. The maximum atomic E-state index is 11.8. The van der Waals surface area contributed by atoms with Crippen LogP contribution in [0.25, 0.3) is 0 Å². The van der Waals surface area contributed by atoms with Crippen molar-refractivity contribution in [3.8, 4) is 5.75 Å². The predicted molar refractivity (Wildman–Crippen MR) is 91.1 cm³/mol. The van der Waals surface area contributed by atoms with E-state index in [0.29, 0.717) is 0 Å². The van der Waals surface area contributed by atoms with Gasteiger partial charge in [-0.15, -0.1) is 0 Å². The summed E-state index contributed by atoms with van der Waals surface area (Å²) in [5.41, 5.74) is 3.45. The molecule has 0 radical (unpaired) electrons. The van der Waals surface area contributed by atoms with E-state index in [4.69, 9.17) is 0 Å². The predicted octanol–water partition coefficient (Wildman–Crippen LogP) is 1.67. The van der Waals surface area contributed by atoms with Crippen LogP contribution in [0.3, 0.4) is 0 Å². The molecule has 0 spiro atoms. The van der Waals surface area contributed by atoms with E-state index in [1.807, 2.05) is 16.9 Å². The van der Waals surface area contributed by atoms with E-state index in [1.54, 1.807) is 12.1 Å². The molecular weight excluding hydrogens is 328 g/mol. The summed E-state index contributed by atoms with van der Waals surface area (Å²) in [7, 11) is -3.91. The molecule has 6 nitrogen and oxygen atoms in total. The van der Waals surface area contributed by atoms with Crippen LogP contribution in [-0.2, 0) is 27.8 Å². The number of hydrogen-bond donors (Lipinski definition) is 2. The van der Waals surface area contributed by atoms with Gasteiger partial charge in [0.2, 0.25) is 0 Å². The van der Waals surface area contributed by atoms with Gasteiger partial charge in [-0.1, -0.05) is 30.3 Å². The Morgan fingerprint density at radius 3 is 2.54 bits per heavy atom. The van der Waals surface area contributed by atoms with Gasteiger partial charge in [-0.25, -0.2) is 9.03 Å². The van der Waals surface area contributed by atoms with Crippen LogP contribution >= 0.6 is 0 Å². The van der Waals surface area contributed by atoms with Gasteiger partial charge in [-0.05, 0) is 48.6 Å². The number of amides is 1. The van der Waals surface area contributed by atoms with Gasteiger partial charge in [0.15, 0.2) is 0 Å². The summed E-state index contributed by atoms with van der Waals surface area (Å²) in [6.07, 6.45) is 1.55. The van der Waals surface area contributed by atoms with Gasteiger partial charge in [0.25, 0.3) is 5.91 Å². The second-order valence-electron chi connectivity index (χ2n) is 5.79. The van der Waals surface area contributed by atoms with Crippen LogP contribution in [0.5, 0.6) is 5.75 Å². The van der Waals surface area contributed by atoms with Crippen molar-refractivity contribution in [1.29, 1.82) is 0 Å². The lowest BCUT2D eigenvalue weighted by Gasteiger charge is -2.16. The molecule has 3 rings (SSSR count). The molecule has 0 bridgehead atoms. The maximum Gasteiger partial charge on any atom is 0.326 e. The van der Waals surface area contributed by atoms with E-state index in [1.165, 1.54) is 17.2 Å². The van der Waals surface area contributed by atoms with Crippen molar-refractivity contribution in [2.75, 3.05) is 10.8 Å². The minimum absolute atomic E-state index is 0.105. The van der Waals surface area contributed by atoms with E-state index < -0.39 is 16.1 Å². The molecule has 1 saturated heterocycles. The maximum absolute atomic E-state index is 11.8. The standard InChI is InChI=1S/C17H18N2O4S/c1-12-4-2-3-5-14(12)8-6-13-7-9-15(16(20)10-13)19-11-17(21)18-24(19,22)23/h2-5,7,9-10,20H,6,8,11H2,1H3,(H,18,21). The number of phenolic OH excluding ortho intramolecular Hbond substituents is 1. The molecule has 1 fully saturated rings. The molecule has 2 aromatic carbocycles. The molecule has 126 valence electrons. The number of rotatable bonds is 4. The van der Waals surface area contributed by atoms with Gasteiger partial charge >= 0.3 is 10.2 Å². The summed E-state index contributed by atoms with van der Waals surface area (Å²) in [5.74, 6) is -0.768. The monoisotopic (exact) mass is 346 g/mol. The summed E-state index contributed by atoms with van der Waals surface area (Å²) < 4.78 is 26.4. The molecule has 1 amide bonds. The normalized spacial score (nSPS) is 16.2. The van der Waals surface area contributed by atoms with Crippen LogP contribution in [0.15, 0.2) is 42.5 Å². The highest BCUT2D eigenvalue weighted by Crippen LogP contribution is 2.31. The summed E-state index contributed by atoms with van der Waals surface area (Å²) in [5, 5.41) is 10.2. The average Bonchev–Trinajstić information content (AvgIpc) is 2.79. The Morgan fingerprint density at radius 1 is 1.17 bits per heavy atom. The minimum Gasteiger partial charge on any atom is -0.506 e. The Hall–Kier alpha value is -2.54. The highest BCUT2D eigenvalue weighted by Gasteiger charge is 2.35. The molecule has 0 saturated carbocycles. The van der Waals surface area contributed by atoms with Gasteiger partial charge in [0.1, 0.15) is 12.3 Å². The van der Waals surface area contributed by atoms with Crippen molar-refractivity contribution < 1.29 is 18.3 Å². The SMILES string of the molecule is Cc1ccccc1CCc1ccc(N2CC(=O)NS2(=O)=O)c(O)c1. The Kier molecular flexibility index (Phi) is 4.19. The second-order valence-corrected chi connectivity index (χ2v) is 7.38. The first-order valence-electron chi connectivity index (χ1n) is 7.56. The summed E-state index contributed by atoms with van der Waals surface area (Å²) in [6, 6.07) is 12.9. The molecule has 2 N–H and O–H groups in total. The lowest BCUT2D eigenvalue weighted by molar-refractivity contribution is -0.117. The molecule has 24 heavy (non-hydrogen) atoms. The topological polar surface area (TPSA) is 86.7 Å². The molecule has 0 aliphatic carbocycles. The number of aryl methyl sites for hydroxylation is 3.